The van der Waals surface area contributed by atoms with Crippen LogP contribution in [-0.4, -0.2) is 29.6 Å². The number of hydrogen-bond acceptors (Lipinski definition) is 4. The molecule has 6 heteroatoms. The highest BCUT2D eigenvalue weighted by Crippen LogP contribution is 2.23. The van der Waals surface area contributed by atoms with Gasteiger partial charge in [-0.2, -0.15) is 0 Å². The molecular weight excluding hydrogens is 374 g/mol. The molecule has 0 spiro atoms. The van der Waals surface area contributed by atoms with Gasteiger partial charge in [-0.3, -0.25) is 4.79 Å². The van der Waals surface area contributed by atoms with Crippen molar-refractivity contribution in [1.29, 1.82) is 0 Å². The molecule has 2 rings (SSSR count). The fraction of sp³-hybridized carbons (Fsp3) is 0.444. The Balaban J connectivity index is 1.81. The van der Waals surface area contributed by atoms with Crippen molar-refractivity contribution in [2.75, 3.05) is 6.54 Å². The number of nitrogens with one attached hydrogen (secondary N) is 1. The molecule has 1 amide bonds. The molecule has 2 N–H and O–H groups in total. The number of allylic oxidation sites excluding steroid dienone is 1. The van der Waals surface area contributed by atoms with E-state index in [0.717, 1.165) is 19.3 Å². The van der Waals surface area contributed by atoms with Crippen molar-refractivity contribution in [2.24, 2.45) is 0 Å². The number of phenols is 1. The van der Waals surface area contributed by atoms with E-state index in [1.807, 2.05) is 0 Å². The van der Waals surface area contributed by atoms with Crippen LogP contribution >= 0.6 is 15.9 Å². The lowest BCUT2D eigenvalue weighted by Crippen LogP contribution is -2.36. The molecule has 0 heterocycles. The van der Waals surface area contributed by atoms with Gasteiger partial charge >= 0.3 is 5.97 Å². The van der Waals surface area contributed by atoms with Crippen molar-refractivity contribution in [1.82, 2.24) is 5.32 Å². The van der Waals surface area contributed by atoms with Gasteiger partial charge in [-0.25, -0.2) is 4.79 Å². The van der Waals surface area contributed by atoms with Gasteiger partial charge in [0.15, 0.2) is 6.10 Å². The quantitative estimate of drug-likeness (QED) is 0.568. The fourth-order valence-corrected chi connectivity index (χ4v) is 2.93. The summed E-state index contributed by atoms with van der Waals surface area (Å²) in [4.78, 5) is 24.1. The molecule has 0 saturated carbocycles. The lowest BCUT2D eigenvalue weighted by molar-refractivity contribution is -0.129. The van der Waals surface area contributed by atoms with E-state index in [9.17, 15) is 14.7 Å². The summed E-state index contributed by atoms with van der Waals surface area (Å²) >= 11 is 3.23. The number of aromatic hydroxyl groups is 1. The Morgan fingerprint density at radius 1 is 1.38 bits per heavy atom. The van der Waals surface area contributed by atoms with Crippen LogP contribution in [0.4, 0.5) is 0 Å². The fourth-order valence-electron chi connectivity index (χ4n) is 2.57. The minimum absolute atomic E-state index is 0.0244. The van der Waals surface area contributed by atoms with Crippen molar-refractivity contribution in [3.8, 4) is 5.75 Å². The SMILES string of the molecule is C[C@@H](OC(=O)c1cc(Br)ccc1O)C(=O)NCCC1=CCCCC1. The van der Waals surface area contributed by atoms with E-state index >= 15 is 0 Å². The summed E-state index contributed by atoms with van der Waals surface area (Å²) in [5.74, 6) is -1.25. The molecule has 0 radical (unpaired) electrons. The minimum atomic E-state index is -0.920. The molecule has 1 aliphatic carbocycles. The number of phenolic OH excluding ortho intramolecular Hbond substituents is 1. The van der Waals surface area contributed by atoms with Crippen molar-refractivity contribution in [3.63, 3.8) is 0 Å². The van der Waals surface area contributed by atoms with Crippen LogP contribution in [0.3, 0.4) is 0 Å². The van der Waals surface area contributed by atoms with E-state index in [0.29, 0.717) is 11.0 Å². The number of rotatable bonds is 6. The molecule has 0 unspecified atom stereocenters. The van der Waals surface area contributed by atoms with E-state index in [1.165, 1.54) is 37.5 Å². The Morgan fingerprint density at radius 2 is 2.17 bits per heavy atom. The number of carbonyl (C=O) groups is 2. The third-order valence-electron chi connectivity index (χ3n) is 3.96. The zero-order chi connectivity index (χ0) is 17.5. The Kier molecular flexibility index (Phi) is 6.85. The molecule has 1 atom stereocenters. The molecular formula is C18H22BrNO4. The van der Waals surface area contributed by atoms with E-state index < -0.39 is 12.1 Å². The van der Waals surface area contributed by atoms with Gasteiger partial charge in [-0.15, -0.1) is 0 Å². The Bertz CT molecular complexity index is 642. The monoisotopic (exact) mass is 395 g/mol. The lowest BCUT2D eigenvalue weighted by Gasteiger charge is -2.16. The van der Waals surface area contributed by atoms with E-state index in [-0.39, 0.29) is 17.2 Å². The lowest BCUT2D eigenvalue weighted by atomic mass is 9.97. The molecule has 0 aliphatic heterocycles. The number of halogens is 1. The van der Waals surface area contributed by atoms with Gasteiger partial charge in [-0.1, -0.05) is 27.6 Å². The van der Waals surface area contributed by atoms with Crippen LogP contribution in [-0.2, 0) is 9.53 Å². The first-order valence-electron chi connectivity index (χ1n) is 8.12. The summed E-state index contributed by atoms with van der Waals surface area (Å²) in [6, 6.07) is 4.46. The molecule has 5 nitrogen and oxygen atoms in total. The second kappa shape index (κ2) is 8.87. The normalized spacial score (nSPS) is 15.3. The molecule has 1 aromatic carbocycles. The largest absolute Gasteiger partial charge is 0.507 e. The highest BCUT2D eigenvalue weighted by Gasteiger charge is 2.21. The van der Waals surface area contributed by atoms with Crippen molar-refractivity contribution >= 4 is 27.8 Å². The van der Waals surface area contributed by atoms with Gasteiger partial charge in [-0.05, 0) is 57.2 Å². The van der Waals surface area contributed by atoms with Gasteiger partial charge in [0, 0.05) is 11.0 Å². The number of hydrogen-bond donors (Lipinski definition) is 2. The third-order valence-corrected chi connectivity index (χ3v) is 4.46. The Labute approximate surface area is 150 Å². The second-order valence-electron chi connectivity index (χ2n) is 5.86. The molecule has 0 fully saturated rings. The maximum atomic E-state index is 12.1. The topological polar surface area (TPSA) is 75.6 Å². The first-order valence-corrected chi connectivity index (χ1v) is 8.92. The zero-order valence-corrected chi connectivity index (χ0v) is 15.3. The number of carbonyl (C=O) groups excluding carboxylic acids is 2. The highest BCUT2D eigenvalue weighted by atomic mass is 79.9. The van der Waals surface area contributed by atoms with Gasteiger partial charge in [0.25, 0.3) is 5.91 Å². The van der Waals surface area contributed by atoms with Crippen LogP contribution in [0.2, 0.25) is 0 Å². The zero-order valence-electron chi connectivity index (χ0n) is 13.7. The second-order valence-corrected chi connectivity index (χ2v) is 6.77. The van der Waals surface area contributed by atoms with E-state index in [4.69, 9.17) is 4.74 Å². The minimum Gasteiger partial charge on any atom is -0.507 e. The summed E-state index contributed by atoms with van der Waals surface area (Å²) in [6.07, 6.45) is 6.83. The molecule has 24 heavy (non-hydrogen) atoms. The van der Waals surface area contributed by atoms with Crippen LogP contribution in [0.5, 0.6) is 5.75 Å². The highest BCUT2D eigenvalue weighted by molar-refractivity contribution is 9.10. The van der Waals surface area contributed by atoms with Gasteiger partial charge in [0.1, 0.15) is 11.3 Å². The number of amides is 1. The van der Waals surface area contributed by atoms with E-state index in [2.05, 4.69) is 27.3 Å². The van der Waals surface area contributed by atoms with Crippen LogP contribution in [0, 0.1) is 0 Å². The maximum absolute atomic E-state index is 12.1. The molecule has 0 bridgehead atoms. The van der Waals surface area contributed by atoms with Crippen molar-refractivity contribution < 1.29 is 19.4 Å². The first-order chi connectivity index (χ1) is 11.5. The first kappa shape index (κ1) is 18.5. The average molecular weight is 396 g/mol. The maximum Gasteiger partial charge on any atom is 0.342 e. The summed E-state index contributed by atoms with van der Waals surface area (Å²) < 4.78 is 5.77. The Hall–Kier alpha value is -1.82. The summed E-state index contributed by atoms with van der Waals surface area (Å²) in [5, 5.41) is 12.5. The third kappa shape index (κ3) is 5.37. The van der Waals surface area contributed by atoms with Crippen LogP contribution in [0.1, 0.15) is 49.4 Å². The van der Waals surface area contributed by atoms with Crippen LogP contribution in [0.15, 0.2) is 34.3 Å². The van der Waals surface area contributed by atoms with Crippen LogP contribution in [0.25, 0.3) is 0 Å². The average Bonchev–Trinajstić information content (AvgIpc) is 2.57. The standard InChI is InChI=1S/C18H22BrNO4/c1-12(17(22)20-10-9-13-5-3-2-4-6-13)24-18(23)15-11-14(19)7-8-16(15)21/h5,7-8,11-12,21H,2-4,6,9-10H2,1H3,(H,20,22)/t12-/m1/s1. The number of ether oxygens (including phenoxy) is 1. The van der Waals surface area contributed by atoms with Gasteiger partial charge in [0.05, 0.1) is 0 Å². The molecule has 1 aromatic rings. The smallest absolute Gasteiger partial charge is 0.342 e. The molecule has 0 aromatic heterocycles. The summed E-state index contributed by atoms with van der Waals surface area (Å²) in [6.45, 7) is 2.05. The molecule has 0 saturated heterocycles. The predicted octanol–water partition coefficient (Wildman–Crippen LogP) is 3.71. The molecule has 130 valence electrons. The Morgan fingerprint density at radius 3 is 2.88 bits per heavy atom. The van der Waals surface area contributed by atoms with E-state index in [1.54, 1.807) is 6.07 Å². The van der Waals surface area contributed by atoms with Crippen LogP contribution < -0.4 is 5.32 Å². The van der Waals surface area contributed by atoms with Crippen molar-refractivity contribution in [3.05, 3.63) is 39.9 Å². The number of esters is 1. The molecule has 1 aliphatic rings. The summed E-state index contributed by atoms with van der Waals surface area (Å²) in [7, 11) is 0. The summed E-state index contributed by atoms with van der Waals surface area (Å²) in [5.41, 5.74) is 1.40. The van der Waals surface area contributed by atoms with Gasteiger partial charge in [0.2, 0.25) is 0 Å². The number of benzene rings is 1. The van der Waals surface area contributed by atoms with Gasteiger partial charge < -0.3 is 15.2 Å². The van der Waals surface area contributed by atoms with Crippen molar-refractivity contribution in [2.45, 2.75) is 45.1 Å². The predicted molar refractivity (Wildman–Crippen MR) is 94.9 cm³/mol.